The minimum atomic E-state index is -4.64. The van der Waals surface area contributed by atoms with E-state index in [1.807, 2.05) is 48.6 Å². The van der Waals surface area contributed by atoms with Crippen LogP contribution in [0.2, 0.25) is 0 Å². The maximum Gasteiger partial charge on any atom is 0.453 e. The first-order valence-corrected chi connectivity index (χ1v) is 8.25. The van der Waals surface area contributed by atoms with Gasteiger partial charge in [0.2, 0.25) is 0 Å². The molecule has 0 atom stereocenters. The summed E-state index contributed by atoms with van der Waals surface area (Å²) in [6, 6.07) is 16.0. The summed E-state index contributed by atoms with van der Waals surface area (Å²) in [7, 11) is 0. The van der Waals surface area contributed by atoms with Crippen LogP contribution in [0.1, 0.15) is 17.1 Å². The van der Waals surface area contributed by atoms with Crippen molar-refractivity contribution in [1.82, 2.24) is 24.8 Å². The molecule has 1 N–H and O–H groups in total. The molecule has 0 radical (unpaired) electrons. The van der Waals surface area contributed by atoms with Crippen molar-refractivity contribution in [2.45, 2.75) is 6.18 Å². The number of anilines is 2. The lowest BCUT2D eigenvalue weighted by Gasteiger charge is -2.08. The standard InChI is InChI=1S/C19H13F3N6/c20-19(21,22)18-26-25-17-10-9-16(27-28(17)18)24-15-6-3-4-13(12-15)7-8-14-5-1-2-11-23-14/h1-12H,(H,24,27)/b8-7+. The highest BCUT2D eigenvalue weighted by Crippen LogP contribution is 2.28. The molecule has 4 aromatic rings. The zero-order chi connectivity index (χ0) is 19.6. The van der Waals surface area contributed by atoms with Gasteiger partial charge in [-0.25, -0.2) is 0 Å². The molecule has 0 spiro atoms. The second kappa shape index (κ2) is 7.10. The molecule has 140 valence electrons. The van der Waals surface area contributed by atoms with Crippen molar-refractivity contribution in [3.05, 3.63) is 77.9 Å². The van der Waals surface area contributed by atoms with E-state index in [9.17, 15) is 13.2 Å². The first-order chi connectivity index (χ1) is 13.5. The average Bonchev–Trinajstić information content (AvgIpc) is 3.11. The average molecular weight is 382 g/mol. The molecule has 3 aromatic heterocycles. The smallest absolute Gasteiger partial charge is 0.339 e. The van der Waals surface area contributed by atoms with Crippen molar-refractivity contribution >= 4 is 29.3 Å². The van der Waals surface area contributed by atoms with Crippen molar-refractivity contribution in [1.29, 1.82) is 0 Å². The second-order valence-corrected chi connectivity index (χ2v) is 5.85. The number of nitrogens with zero attached hydrogens (tertiary/aromatic N) is 5. The van der Waals surface area contributed by atoms with Gasteiger partial charge in [0, 0.05) is 11.9 Å². The second-order valence-electron chi connectivity index (χ2n) is 5.85. The molecule has 0 unspecified atom stereocenters. The Balaban J connectivity index is 1.58. The van der Waals surface area contributed by atoms with E-state index in [2.05, 4.69) is 25.6 Å². The van der Waals surface area contributed by atoms with E-state index in [0.717, 1.165) is 11.3 Å². The van der Waals surface area contributed by atoms with Crippen LogP contribution in [0.15, 0.2) is 60.8 Å². The summed E-state index contributed by atoms with van der Waals surface area (Å²) in [5, 5.41) is 13.6. The molecule has 9 heteroatoms. The Morgan fingerprint density at radius 3 is 2.61 bits per heavy atom. The van der Waals surface area contributed by atoms with Gasteiger partial charge in [0.05, 0.1) is 5.69 Å². The first kappa shape index (κ1) is 17.7. The van der Waals surface area contributed by atoms with Crippen molar-refractivity contribution in [2.75, 3.05) is 5.32 Å². The van der Waals surface area contributed by atoms with Crippen LogP contribution in [0.5, 0.6) is 0 Å². The first-order valence-electron chi connectivity index (χ1n) is 8.25. The zero-order valence-electron chi connectivity index (χ0n) is 14.3. The Bertz CT molecular complexity index is 1140. The van der Waals surface area contributed by atoms with Gasteiger partial charge in [-0.3, -0.25) is 4.98 Å². The number of hydrogen-bond donors (Lipinski definition) is 1. The van der Waals surface area contributed by atoms with Crippen LogP contribution in [0.25, 0.3) is 17.8 Å². The van der Waals surface area contributed by atoms with Crippen LogP contribution in [-0.4, -0.2) is 24.8 Å². The van der Waals surface area contributed by atoms with Gasteiger partial charge in [-0.1, -0.05) is 24.3 Å². The molecule has 6 nitrogen and oxygen atoms in total. The van der Waals surface area contributed by atoms with Crippen LogP contribution >= 0.6 is 0 Å². The van der Waals surface area contributed by atoms with E-state index >= 15 is 0 Å². The van der Waals surface area contributed by atoms with E-state index in [-0.39, 0.29) is 11.5 Å². The summed E-state index contributed by atoms with van der Waals surface area (Å²) in [6.45, 7) is 0. The largest absolute Gasteiger partial charge is 0.453 e. The lowest BCUT2D eigenvalue weighted by atomic mass is 10.1. The van der Waals surface area contributed by atoms with Crippen molar-refractivity contribution in [3.63, 3.8) is 0 Å². The normalized spacial score (nSPS) is 12.0. The van der Waals surface area contributed by atoms with Crippen molar-refractivity contribution in [2.24, 2.45) is 0 Å². The SMILES string of the molecule is FC(F)(F)c1nnc2ccc(Nc3cccc(/C=C/c4ccccn4)c3)nn12. The predicted octanol–water partition coefficient (Wildman–Crippen LogP) is 4.45. The van der Waals surface area contributed by atoms with Gasteiger partial charge >= 0.3 is 6.18 Å². The van der Waals surface area contributed by atoms with Crippen LogP contribution in [0.3, 0.4) is 0 Å². The number of alkyl halides is 3. The fraction of sp³-hybridized carbons (Fsp3) is 0.0526. The van der Waals surface area contributed by atoms with Gasteiger partial charge in [-0.05, 0) is 48.0 Å². The van der Waals surface area contributed by atoms with Gasteiger partial charge in [0.15, 0.2) is 11.5 Å². The van der Waals surface area contributed by atoms with Gasteiger partial charge in [-0.15, -0.1) is 15.3 Å². The summed E-state index contributed by atoms with van der Waals surface area (Å²) in [6.07, 6.45) is 0.836. The summed E-state index contributed by atoms with van der Waals surface area (Å²) < 4.78 is 39.6. The molecule has 0 aliphatic rings. The molecule has 0 aliphatic carbocycles. The van der Waals surface area contributed by atoms with Crippen LogP contribution in [0.4, 0.5) is 24.7 Å². The third kappa shape index (κ3) is 3.83. The molecule has 0 aliphatic heterocycles. The third-order valence-electron chi connectivity index (χ3n) is 3.81. The molecule has 0 fully saturated rings. The van der Waals surface area contributed by atoms with Crippen LogP contribution < -0.4 is 5.32 Å². The summed E-state index contributed by atoms with van der Waals surface area (Å²) in [5.41, 5.74) is 2.42. The Hall–Kier alpha value is -3.75. The lowest BCUT2D eigenvalue weighted by Crippen LogP contribution is -2.13. The maximum absolute atomic E-state index is 13.0. The monoisotopic (exact) mass is 382 g/mol. The molecular weight excluding hydrogens is 369 g/mol. The predicted molar refractivity (Wildman–Crippen MR) is 98.7 cm³/mol. The minimum absolute atomic E-state index is 0.0184. The highest BCUT2D eigenvalue weighted by atomic mass is 19.4. The zero-order valence-corrected chi connectivity index (χ0v) is 14.3. The van der Waals surface area contributed by atoms with Crippen molar-refractivity contribution in [3.8, 4) is 0 Å². The Morgan fingerprint density at radius 2 is 1.82 bits per heavy atom. The van der Waals surface area contributed by atoms with E-state index in [1.165, 1.54) is 6.07 Å². The number of rotatable bonds is 4. The molecule has 1 aromatic carbocycles. The Kier molecular flexibility index (Phi) is 4.48. The topological polar surface area (TPSA) is 68.0 Å². The van der Waals surface area contributed by atoms with Crippen LogP contribution in [0, 0.1) is 0 Å². The van der Waals surface area contributed by atoms with E-state index in [4.69, 9.17) is 0 Å². The molecule has 0 saturated carbocycles. The highest BCUT2D eigenvalue weighted by Gasteiger charge is 2.37. The van der Waals surface area contributed by atoms with Gasteiger partial charge in [0.1, 0.15) is 0 Å². The Labute approximate surface area is 157 Å². The van der Waals surface area contributed by atoms with Crippen molar-refractivity contribution < 1.29 is 13.2 Å². The number of nitrogens with one attached hydrogen (secondary N) is 1. The lowest BCUT2D eigenvalue weighted by molar-refractivity contribution is -0.146. The molecular formula is C19H13F3N6. The summed E-state index contributed by atoms with van der Waals surface area (Å²) in [4.78, 5) is 4.22. The maximum atomic E-state index is 13.0. The van der Waals surface area contributed by atoms with E-state index < -0.39 is 12.0 Å². The highest BCUT2D eigenvalue weighted by molar-refractivity contribution is 5.71. The van der Waals surface area contributed by atoms with Gasteiger partial charge < -0.3 is 5.32 Å². The van der Waals surface area contributed by atoms with Gasteiger partial charge in [-0.2, -0.15) is 17.7 Å². The summed E-state index contributed by atoms with van der Waals surface area (Å²) in [5.74, 6) is -0.929. The fourth-order valence-corrected chi connectivity index (χ4v) is 2.56. The quantitative estimate of drug-likeness (QED) is 0.565. The van der Waals surface area contributed by atoms with Crippen LogP contribution in [-0.2, 0) is 6.18 Å². The third-order valence-corrected chi connectivity index (χ3v) is 3.81. The minimum Gasteiger partial charge on any atom is -0.339 e. The van der Waals surface area contributed by atoms with Gasteiger partial charge in [0.25, 0.3) is 5.82 Å². The number of benzene rings is 1. The number of aromatic nitrogens is 5. The molecule has 0 saturated heterocycles. The number of halogens is 3. The molecule has 4 rings (SSSR count). The molecule has 0 amide bonds. The summed E-state index contributed by atoms with van der Waals surface area (Å²) >= 11 is 0. The molecule has 3 heterocycles. The number of fused-ring (bicyclic) bond motifs is 1. The van der Waals surface area contributed by atoms with E-state index in [0.29, 0.717) is 10.2 Å². The number of pyridine rings is 1. The van der Waals surface area contributed by atoms with E-state index in [1.54, 1.807) is 18.3 Å². The fourth-order valence-electron chi connectivity index (χ4n) is 2.56. The number of hydrogen-bond acceptors (Lipinski definition) is 5. The Morgan fingerprint density at radius 1 is 0.929 bits per heavy atom. The molecule has 0 bridgehead atoms. The molecule has 28 heavy (non-hydrogen) atoms.